The maximum Gasteiger partial charge on any atom is 0.123 e. The Labute approximate surface area is 169 Å². The molecule has 3 aromatic heterocycles. The van der Waals surface area contributed by atoms with Crippen molar-refractivity contribution in [3.63, 3.8) is 0 Å². The van der Waals surface area contributed by atoms with Crippen molar-refractivity contribution in [1.82, 2.24) is 15.0 Å². The molecular formula is C19H11Cl2N5S. The largest absolute Gasteiger partial charge is 0.384 e. The van der Waals surface area contributed by atoms with Gasteiger partial charge in [-0.3, -0.25) is 0 Å². The summed E-state index contributed by atoms with van der Waals surface area (Å²) in [5, 5.41) is 11.0. The number of nitrogens with two attached hydrogens (primary N) is 1. The molecule has 8 heteroatoms. The lowest BCUT2D eigenvalue weighted by Crippen LogP contribution is -1.90. The zero-order valence-corrected chi connectivity index (χ0v) is 16.0. The first-order valence-electron chi connectivity index (χ1n) is 7.81. The number of benzene rings is 1. The first-order valence-corrected chi connectivity index (χ1v) is 9.38. The summed E-state index contributed by atoms with van der Waals surface area (Å²) in [6, 6.07) is 11.1. The highest BCUT2D eigenvalue weighted by Crippen LogP contribution is 2.48. The predicted octanol–water partition coefficient (Wildman–Crippen LogP) is 5.63. The minimum atomic E-state index is 0.388. The van der Waals surface area contributed by atoms with E-state index in [-0.39, 0.29) is 0 Å². The number of aromatic amines is 1. The Morgan fingerprint density at radius 2 is 2.00 bits per heavy atom. The number of aromatic nitrogens is 3. The van der Waals surface area contributed by atoms with Gasteiger partial charge in [-0.1, -0.05) is 29.3 Å². The number of imidazole rings is 1. The molecule has 0 fully saturated rings. The van der Waals surface area contributed by atoms with Gasteiger partial charge in [0.25, 0.3) is 0 Å². The number of thiophene rings is 1. The number of nitrogens with one attached hydrogen (secondary N) is 1. The topological polar surface area (TPSA) is 91.4 Å². The van der Waals surface area contributed by atoms with E-state index >= 15 is 0 Å². The number of hydrogen-bond acceptors (Lipinski definition) is 5. The summed E-state index contributed by atoms with van der Waals surface area (Å²) in [7, 11) is 0. The molecule has 0 atom stereocenters. The van der Waals surface area contributed by atoms with Crippen LogP contribution >= 0.6 is 34.5 Å². The maximum atomic E-state index is 9.96. The third-order valence-electron chi connectivity index (χ3n) is 4.01. The van der Waals surface area contributed by atoms with Gasteiger partial charge in [0.1, 0.15) is 11.9 Å². The minimum Gasteiger partial charge on any atom is -0.384 e. The van der Waals surface area contributed by atoms with Gasteiger partial charge >= 0.3 is 0 Å². The van der Waals surface area contributed by atoms with Crippen molar-refractivity contribution in [3.05, 3.63) is 64.7 Å². The molecule has 4 rings (SSSR count). The van der Waals surface area contributed by atoms with Gasteiger partial charge in [-0.25, -0.2) is 9.97 Å². The fourth-order valence-electron chi connectivity index (χ4n) is 2.85. The van der Waals surface area contributed by atoms with Crippen LogP contribution in [0.5, 0.6) is 0 Å². The summed E-state index contributed by atoms with van der Waals surface area (Å²) in [5.41, 5.74) is 9.43. The van der Waals surface area contributed by atoms with E-state index in [0.29, 0.717) is 21.4 Å². The lowest BCUT2D eigenvalue weighted by Gasteiger charge is -2.07. The van der Waals surface area contributed by atoms with Gasteiger partial charge in [0, 0.05) is 27.4 Å². The Kier molecular flexibility index (Phi) is 4.58. The molecule has 4 aromatic rings. The second-order valence-corrected chi connectivity index (χ2v) is 7.55. The Bertz CT molecular complexity index is 1180. The molecule has 0 saturated carbocycles. The Balaban J connectivity index is 2.06. The average molecular weight is 412 g/mol. The molecule has 3 heterocycles. The van der Waals surface area contributed by atoms with Crippen molar-refractivity contribution >= 4 is 40.4 Å². The van der Waals surface area contributed by atoms with Crippen molar-refractivity contribution in [2.24, 2.45) is 0 Å². The van der Waals surface area contributed by atoms with Crippen molar-refractivity contribution < 1.29 is 0 Å². The molecule has 3 N–H and O–H groups in total. The highest BCUT2D eigenvalue weighted by molar-refractivity contribution is 7.19. The molecule has 132 valence electrons. The van der Waals surface area contributed by atoms with Crippen LogP contribution in [0.25, 0.3) is 32.1 Å². The van der Waals surface area contributed by atoms with Gasteiger partial charge in [0.2, 0.25) is 0 Å². The van der Waals surface area contributed by atoms with Crippen molar-refractivity contribution in [2.75, 3.05) is 5.73 Å². The lowest BCUT2D eigenvalue weighted by molar-refractivity contribution is 1.32. The van der Waals surface area contributed by atoms with E-state index in [1.807, 2.05) is 12.1 Å². The minimum absolute atomic E-state index is 0.388. The van der Waals surface area contributed by atoms with E-state index < -0.39 is 0 Å². The third kappa shape index (κ3) is 3.17. The fraction of sp³-hybridized carbons (Fsp3) is 0. The summed E-state index contributed by atoms with van der Waals surface area (Å²) in [4.78, 5) is 12.9. The van der Waals surface area contributed by atoms with Crippen molar-refractivity contribution in [2.45, 2.75) is 0 Å². The SMILES string of the molecule is N#Cc1c(-c2ccnc(N)c2)sc(-c2cnc[nH]2)c1-c1ccc(Cl)cc1Cl. The number of rotatable bonds is 3. The molecule has 27 heavy (non-hydrogen) atoms. The molecule has 0 radical (unpaired) electrons. The zero-order chi connectivity index (χ0) is 19.0. The van der Waals surface area contributed by atoms with Gasteiger partial charge in [0.05, 0.1) is 33.5 Å². The molecule has 1 aromatic carbocycles. The van der Waals surface area contributed by atoms with Crippen LogP contribution < -0.4 is 5.73 Å². The second-order valence-electron chi connectivity index (χ2n) is 5.68. The number of hydrogen-bond donors (Lipinski definition) is 2. The van der Waals surface area contributed by atoms with Gasteiger partial charge in [0.15, 0.2) is 0 Å². The van der Waals surface area contributed by atoms with E-state index in [1.54, 1.807) is 36.9 Å². The quantitative estimate of drug-likeness (QED) is 0.456. The number of H-pyrrole nitrogens is 1. The standard InChI is InChI=1S/C19H11Cl2N5S/c20-11-1-2-12(14(21)6-11)17-13(7-22)18(10-3-4-25-16(23)5-10)27-19(17)15-8-24-9-26-15/h1-6,8-9H,(H2,23,25)(H,24,26). The highest BCUT2D eigenvalue weighted by atomic mass is 35.5. The Hall–Kier alpha value is -2.85. The fourth-order valence-corrected chi connectivity index (χ4v) is 4.59. The Morgan fingerprint density at radius 1 is 1.15 bits per heavy atom. The van der Waals surface area contributed by atoms with Crippen LogP contribution in [0.15, 0.2) is 49.1 Å². The molecule has 0 aliphatic rings. The van der Waals surface area contributed by atoms with Crippen molar-refractivity contribution in [1.29, 1.82) is 5.26 Å². The zero-order valence-electron chi connectivity index (χ0n) is 13.7. The number of nitriles is 1. The highest BCUT2D eigenvalue weighted by Gasteiger charge is 2.24. The number of pyridine rings is 1. The number of anilines is 1. The lowest BCUT2D eigenvalue weighted by atomic mass is 9.98. The second kappa shape index (κ2) is 7.05. The summed E-state index contributed by atoms with van der Waals surface area (Å²) in [6.07, 6.45) is 4.93. The summed E-state index contributed by atoms with van der Waals surface area (Å²) >= 11 is 14.0. The van der Waals surface area contributed by atoms with E-state index in [2.05, 4.69) is 21.0 Å². The van der Waals surface area contributed by atoms with Crippen LogP contribution in [0.1, 0.15) is 5.56 Å². The average Bonchev–Trinajstić information content (AvgIpc) is 3.29. The number of nitrogens with zero attached hydrogens (tertiary/aromatic N) is 3. The van der Waals surface area contributed by atoms with Crippen LogP contribution in [0, 0.1) is 11.3 Å². The van der Waals surface area contributed by atoms with Crippen LogP contribution in [-0.2, 0) is 0 Å². The molecule has 5 nitrogen and oxygen atoms in total. The maximum absolute atomic E-state index is 9.96. The number of halogens is 2. The van der Waals surface area contributed by atoms with E-state index in [1.165, 1.54) is 11.3 Å². The van der Waals surface area contributed by atoms with E-state index in [9.17, 15) is 5.26 Å². The van der Waals surface area contributed by atoms with E-state index in [0.717, 1.165) is 32.1 Å². The smallest absolute Gasteiger partial charge is 0.123 e. The molecule has 0 aliphatic heterocycles. The molecular weight excluding hydrogens is 401 g/mol. The summed E-state index contributed by atoms with van der Waals surface area (Å²) < 4.78 is 0. The molecule has 0 amide bonds. The first kappa shape index (κ1) is 17.6. The molecule has 0 aliphatic carbocycles. The molecule has 0 unspecified atom stereocenters. The van der Waals surface area contributed by atoms with Crippen molar-refractivity contribution in [3.8, 4) is 38.2 Å². The van der Waals surface area contributed by atoms with E-state index in [4.69, 9.17) is 28.9 Å². The number of nitrogen functional groups attached to an aromatic ring is 1. The summed E-state index contributed by atoms with van der Waals surface area (Å²) in [6.45, 7) is 0. The normalized spacial score (nSPS) is 10.7. The van der Waals surface area contributed by atoms with Gasteiger partial charge in [-0.2, -0.15) is 5.26 Å². The van der Waals surface area contributed by atoms with Crippen LogP contribution in [0.2, 0.25) is 10.0 Å². The van der Waals surface area contributed by atoms with Crippen LogP contribution in [0.4, 0.5) is 5.82 Å². The molecule has 0 saturated heterocycles. The monoisotopic (exact) mass is 411 g/mol. The predicted molar refractivity (Wildman–Crippen MR) is 110 cm³/mol. The first-order chi connectivity index (χ1) is 13.1. The van der Waals surface area contributed by atoms with Gasteiger partial charge in [-0.05, 0) is 29.8 Å². The van der Waals surface area contributed by atoms with Gasteiger partial charge < -0.3 is 10.7 Å². The molecule has 0 bridgehead atoms. The molecule has 0 spiro atoms. The summed E-state index contributed by atoms with van der Waals surface area (Å²) in [5.74, 6) is 0.388. The van der Waals surface area contributed by atoms with Crippen LogP contribution in [0.3, 0.4) is 0 Å². The third-order valence-corrected chi connectivity index (χ3v) is 5.83. The van der Waals surface area contributed by atoms with Gasteiger partial charge in [-0.15, -0.1) is 11.3 Å². The van der Waals surface area contributed by atoms with Crippen LogP contribution in [-0.4, -0.2) is 15.0 Å². The Morgan fingerprint density at radius 3 is 2.67 bits per heavy atom.